The molecule has 2 rings (SSSR count). The molecule has 1 aromatic carbocycles. The largest absolute Gasteiger partial charge is 0.507 e. The highest BCUT2D eigenvalue weighted by Crippen LogP contribution is 2.35. The number of carbonyl (C=O) groups is 2. The third-order valence-corrected chi connectivity index (χ3v) is 2.78. The number of phenols is 1. The number of esters is 1. The van der Waals surface area contributed by atoms with Crippen LogP contribution in [0.1, 0.15) is 22.8 Å². The number of Topliss-reactive ketones (excluding diaryl/α,β-unsaturated/α-hetero) is 1. The van der Waals surface area contributed by atoms with Crippen LogP contribution in [0.25, 0.3) is 0 Å². The average Bonchev–Trinajstić information content (AvgIpc) is 2.63. The van der Waals surface area contributed by atoms with Crippen LogP contribution in [0.4, 0.5) is 4.39 Å². The van der Waals surface area contributed by atoms with Crippen LogP contribution in [0.2, 0.25) is 0 Å². The van der Waals surface area contributed by atoms with E-state index in [0.717, 1.165) is 12.1 Å². The fraction of sp³-hybridized carbons (Fsp3) is 0.333. The molecule has 0 amide bonds. The number of ketones is 1. The highest BCUT2D eigenvalue weighted by molar-refractivity contribution is 6.13. The topological polar surface area (TPSA) is 63.6 Å². The number of aromatic hydroxyl groups is 1. The molecule has 5 heteroatoms. The van der Waals surface area contributed by atoms with Gasteiger partial charge in [0, 0.05) is 5.56 Å². The Bertz CT molecular complexity index is 496. The number of fused-ring (bicyclic) bond motifs is 1. The predicted molar refractivity (Wildman–Crippen MR) is 56.2 cm³/mol. The van der Waals surface area contributed by atoms with Crippen LogP contribution in [-0.2, 0) is 16.0 Å². The van der Waals surface area contributed by atoms with Crippen molar-refractivity contribution >= 4 is 11.8 Å². The van der Waals surface area contributed by atoms with Crippen molar-refractivity contribution in [1.29, 1.82) is 0 Å². The number of halogens is 1. The molecule has 1 aliphatic rings. The number of carbonyl (C=O) groups excluding carboxylic acids is 2. The van der Waals surface area contributed by atoms with Crippen molar-refractivity contribution in [2.45, 2.75) is 13.3 Å². The summed E-state index contributed by atoms with van der Waals surface area (Å²) in [6.07, 6.45) is -0.0484. The van der Waals surface area contributed by atoms with E-state index in [1.165, 1.54) is 0 Å². The van der Waals surface area contributed by atoms with Crippen molar-refractivity contribution in [3.63, 3.8) is 0 Å². The lowest BCUT2D eigenvalue weighted by Crippen LogP contribution is -2.23. The fourth-order valence-corrected chi connectivity index (χ4v) is 1.99. The van der Waals surface area contributed by atoms with Gasteiger partial charge in [-0.3, -0.25) is 9.59 Å². The van der Waals surface area contributed by atoms with Gasteiger partial charge in [0.05, 0.1) is 12.2 Å². The Morgan fingerprint density at radius 3 is 2.88 bits per heavy atom. The van der Waals surface area contributed by atoms with E-state index in [-0.39, 0.29) is 29.9 Å². The Balaban J connectivity index is 2.39. The van der Waals surface area contributed by atoms with E-state index in [1.807, 2.05) is 0 Å². The molecule has 1 N–H and O–H groups in total. The minimum atomic E-state index is -1.03. The van der Waals surface area contributed by atoms with E-state index in [9.17, 15) is 19.1 Å². The number of phenolic OH excluding ortho intramolecular Hbond substituents is 1. The van der Waals surface area contributed by atoms with Crippen molar-refractivity contribution in [3.05, 3.63) is 29.1 Å². The van der Waals surface area contributed by atoms with Crippen LogP contribution >= 0.6 is 0 Å². The summed E-state index contributed by atoms with van der Waals surface area (Å²) in [5.74, 6) is -3.16. The van der Waals surface area contributed by atoms with E-state index in [1.54, 1.807) is 6.92 Å². The van der Waals surface area contributed by atoms with Gasteiger partial charge in [-0.25, -0.2) is 4.39 Å². The van der Waals surface area contributed by atoms with Gasteiger partial charge < -0.3 is 9.84 Å². The molecule has 0 radical (unpaired) electrons. The smallest absolute Gasteiger partial charge is 0.317 e. The minimum Gasteiger partial charge on any atom is -0.507 e. The third kappa shape index (κ3) is 1.77. The van der Waals surface area contributed by atoms with Gasteiger partial charge in [0.15, 0.2) is 5.78 Å². The van der Waals surface area contributed by atoms with Gasteiger partial charge in [0.2, 0.25) is 0 Å². The normalized spacial score (nSPS) is 18.0. The van der Waals surface area contributed by atoms with Gasteiger partial charge in [-0.15, -0.1) is 0 Å². The Morgan fingerprint density at radius 1 is 1.59 bits per heavy atom. The van der Waals surface area contributed by atoms with Crippen molar-refractivity contribution in [2.24, 2.45) is 5.92 Å². The molecule has 0 aromatic heterocycles. The summed E-state index contributed by atoms with van der Waals surface area (Å²) in [5, 5.41) is 9.52. The monoisotopic (exact) mass is 238 g/mol. The molecule has 1 aliphatic carbocycles. The number of benzene rings is 1. The summed E-state index contributed by atoms with van der Waals surface area (Å²) in [6.45, 7) is 1.79. The molecule has 0 saturated carbocycles. The molecular formula is C12H11FO4. The highest BCUT2D eigenvalue weighted by atomic mass is 19.1. The Kier molecular flexibility index (Phi) is 2.83. The van der Waals surface area contributed by atoms with Gasteiger partial charge in [-0.05, 0) is 25.5 Å². The summed E-state index contributed by atoms with van der Waals surface area (Å²) < 4.78 is 18.2. The first kappa shape index (κ1) is 11.6. The van der Waals surface area contributed by atoms with Crippen LogP contribution in [0.5, 0.6) is 5.75 Å². The second kappa shape index (κ2) is 4.16. The Labute approximate surface area is 97.0 Å². The summed E-state index contributed by atoms with van der Waals surface area (Å²) in [4.78, 5) is 23.4. The SMILES string of the molecule is CCOC(=O)C1Cc2c(F)ccc(O)c2C1=O. The van der Waals surface area contributed by atoms with Crippen LogP contribution in [-0.4, -0.2) is 23.5 Å². The molecule has 1 aromatic rings. The molecule has 0 fully saturated rings. The lowest BCUT2D eigenvalue weighted by molar-refractivity contribution is -0.145. The highest BCUT2D eigenvalue weighted by Gasteiger charge is 2.40. The average molecular weight is 238 g/mol. The quantitative estimate of drug-likeness (QED) is 0.625. The zero-order chi connectivity index (χ0) is 12.6. The maximum absolute atomic E-state index is 13.5. The second-order valence-electron chi connectivity index (χ2n) is 3.79. The van der Waals surface area contributed by atoms with E-state index >= 15 is 0 Å². The zero-order valence-corrected chi connectivity index (χ0v) is 9.20. The summed E-state index contributed by atoms with van der Waals surface area (Å²) in [6, 6.07) is 2.19. The Hall–Kier alpha value is -1.91. The maximum Gasteiger partial charge on any atom is 0.317 e. The summed E-state index contributed by atoms with van der Waals surface area (Å²) >= 11 is 0. The molecule has 1 atom stereocenters. The van der Waals surface area contributed by atoms with Crippen molar-refractivity contribution in [2.75, 3.05) is 6.61 Å². The van der Waals surface area contributed by atoms with Gasteiger partial charge in [0.1, 0.15) is 17.5 Å². The van der Waals surface area contributed by atoms with E-state index in [0.29, 0.717) is 0 Å². The molecule has 0 saturated heterocycles. The minimum absolute atomic E-state index is 0.0484. The first-order chi connectivity index (χ1) is 8.06. The lowest BCUT2D eigenvalue weighted by Gasteiger charge is -2.06. The molecule has 0 bridgehead atoms. The van der Waals surface area contributed by atoms with E-state index in [4.69, 9.17) is 4.74 Å². The molecule has 0 spiro atoms. The molecular weight excluding hydrogens is 227 g/mol. The standard InChI is InChI=1S/C12H11FO4/c1-2-17-12(16)7-5-6-8(13)3-4-9(14)10(6)11(7)15/h3-4,7,14H,2,5H2,1H3. The zero-order valence-electron chi connectivity index (χ0n) is 9.20. The van der Waals surface area contributed by atoms with Crippen LogP contribution in [0.3, 0.4) is 0 Å². The van der Waals surface area contributed by atoms with Crippen LogP contribution in [0.15, 0.2) is 12.1 Å². The van der Waals surface area contributed by atoms with E-state index < -0.39 is 23.5 Å². The maximum atomic E-state index is 13.5. The molecule has 0 aliphatic heterocycles. The number of rotatable bonds is 2. The molecule has 0 heterocycles. The van der Waals surface area contributed by atoms with Gasteiger partial charge in [0.25, 0.3) is 0 Å². The second-order valence-corrected chi connectivity index (χ2v) is 3.79. The van der Waals surface area contributed by atoms with Gasteiger partial charge in [-0.2, -0.15) is 0 Å². The lowest BCUT2D eigenvalue weighted by atomic mass is 10.1. The predicted octanol–water partition coefficient (Wildman–Crippen LogP) is 1.45. The molecule has 1 unspecified atom stereocenters. The number of ether oxygens (including phenoxy) is 1. The number of hydrogen-bond donors (Lipinski definition) is 1. The van der Waals surface area contributed by atoms with Gasteiger partial charge in [-0.1, -0.05) is 0 Å². The van der Waals surface area contributed by atoms with Crippen molar-refractivity contribution in [3.8, 4) is 5.75 Å². The first-order valence-electron chi connectivity index (χ1n) is 5.27. The number of hydrogen-bond acceptors (Lipinski definition) is 4. The van der Waals surface area contributed by atoms with E-state index in [2.05, 4.69) is 0 Å². The summed E-state index contributed by atoms with van der Waals surface area (Å²) in [7, 11) is 0. The third-order valence-electron chi connectivity index (χ3n) is 2.78. The molecule has 17 heavy (non-hydrogen) atoms. The summed E-state index contributed by atoms with van der Waals surface area (Å²) in [5.41, 5.74) is -0.00361. The van der Waals surface area contributed by atoms with Gasteiger partial charge >= 0.3 is 5.97 Å². The molecule has 4 nitrogen and oxygen atoms in total. The first-order valence-corrected chi connectivity index (χ1v) is 5.27. The van der Waals surface area contributed by atoms with Crippen molar-refractivity contribution in [1.82, 2.24) is 0 Å². The van der Waals surface area contributed by atoms with Crippen LogP contribution < -0.4 is 0 Å². The Morgan fingerprint density at radius 2 is 2.29 bits per heavy atom. The van der Waals surface area contributed by atoms with Crippen molar-refractivity contribution < 1.29 is 23.8 Å². The van der Waals surface area contributed by atoms with Crippen LogP contribution in [0, 0.1) is 11.7 Å². The molecule has 90 valence electrons. The fourth-order valence-electron chi connectivity index (χ4n) is 1.99.